The molecule has 1 atom stereocenters. The Labute approximate surface area is 135 Å². The van der Waals surface area contributed by atoms with Crippen molar-refractivity contribution in [1.82, 2.24) is 5.32 Å². The van der Waals surface area contributed by atoms with E-state index in [9.17, 15) is 17.6 Å². The van der Waals surface area contributed by atoms with E-state index in [0.29, 0.717) is 0 Å². The molecular weight excluding hydrogens is 331 g/mol. The van der Waals surface area contributed by atoms with Crippen molar-refractivity contribution in [3.63, 3.8) is 0 Å². The van der Waals surface area contributed by atoms with Gasteiger partial charge in [-0.05, 0) is 31.0 Å². The number of benzene rings is 1. The van der Waals surface area contributed by atoms with Crippen LogP contribution in [0.4, 0.5) is 10.1 Å². The molecule has 5 nitrogen and oxygen atoms in total. The number of nitrogens with one attached hydrogen (secondary N) is 1. The average Bonchev–Trinajstić information content (AvgIpc) is 2.38. The Hall–Kier alpha value is -1.34. The number of hydrogen-bond acceptors (Lipinski definition) is 3. The normalized spacial score (nSPS) is 13.0. The van der Waals surface area contributed by atoms with Gasteiger partial charge in [-0.2, -0.15) is 0 Å². The fourth-order valence-electron chi connectivity index (χ4n) is 1.64. The molecule has 0 bridgehead atoms. The van der Waals surface area contributed by atoms with Gasteiger partial charge < -0.3 is 5.32 Å². The van der Waals surface area contributed by atoms with Gasteiger partial charge in [0.05, 0.1) is 17.0 Å². The van der Waals surface area contributed by atoms with Crippen LogP contribution in [0.15, 0.2) is 18.2 Å². The monoisotopic (exact) mass is 350 g/mol. The Balaban J connectivity index is 3.00. The van der Waals surface area contributed by atoms with E-state index in [2.05, 4.69) is 5.32 Å². The van der Waals surface area contributed by atoms with Crippen molar-refractivity contribution in [2.24, 2.45) is 5.92 Å². The van der Waals surface area contributed by atoms with Gasteiger partial charge in [0.15, 0.2) is 0 Å². The molecule has 0 aliphatic rings. The molecule has 0 aliphatic heterocycles. The Morgan fingerprint density at radius 2 is 1.95 bits per heavy atom. The van der Waals surface area contributed by atoms with Gasteiger partial charge in [0.25, 0.3) is 0 Å². The lowest BCUT2D eigenvalue weighted by atomic mass is 10.1. The summed E-state index contributed by atoms with van der Waals surface area (Å²) in [6, 6.07) is 3.41. The number of carbonyl (C=O) groups excluding carboxylic acids is 1. The Bertz CT molecular complexity index is 649. The number of hydrogen-bond donors (Lipinski definition) is 1. The van der Waals surface area contributed by atoms with Crippen LogP contribution in [0.5, 0.6) is 0 Å². The Morgan fingerprint density at radius 1 is 1.36 bits per heavy atom. The summed E-state index contributed by atoms with van der Waals surface area (Å²) in [5.74, 6) is -0.875. The standard InChI is InChI=1S/C14H20ClFN2O3S/c1-9(2)10(3)17-14(19)8-18(22(4,20)21)11-5-6-13(16)12(15)7-11/h5-7,9-10H,8H2,1-4H3,(H,17,19)/t10-/m0/s1. The molecule has 22 heavy (non-hydrogen) atoms. The molecule has 0 unspecified atom stereocenters. The second-order valence-electron chi connectivity index (χ2n) is 5.47. The van der Waals surface area contributed by atoms with Crippen LogP contribution in [0.3, 0.4) is 0 Å². The molecule has 0 saturated carbocycles. The Kier molecular flexibility index (Phi) is 6.19. The molecule has 0 saturated heterocycles. The maximum absolute atomic E-state index is 13.2. The van der Waals surface area contributed by atoms with E-state index in [1.807, 2.05) is 20.8 Å². The summed E-state index contributed by atoms with van der Waals surface area (Å²) in [5, 5.41) is 2.52. The number of rotatable bonds is 6. The fraction of sp³-hybridized carbons (Fsp3) is 0.500. The molecule has 0 spiro atoms. The van der Waals surface area contributed by atoms with Crippen molar-refractivity contribution < 1.29 is 17.6 Å². The highest BCUT2D eigenvalue weighted by molar-refractivity contribution is 7.92. The third-order valence-electron chi connectivity index (χ3n) is 3.27. The predicted molar refractivity (Wildman–Crippen MR) is 86.0 cm³/mol. The van der Waals surface area contributed by atoms with Crippen molar-refractivity contribution >= 4 is 33.2 Å². The third-order valence-corrected chi connectivity index (χ3v) is 4.70. The van der Waals surface area contributed by atoms with Gasteiger partial charge in [-0.25, -0.2) is 12.8 Å². The number of sulfonamides is 1. The highest BCUT2D eigenvalue weighted by Crippen LogP contribution is 2.24. The summed E-state index contributed by atoms with van der Waals surface area (Å²) in [6.07, 6.45) is 0.976. The minimum Gasteiger partial charge on any atom is -0.352 e. The minimum absolute atomic E-state index is 0.0919. The lowest BCUT2D eigenvalue weighted by molar-refractivity contribution is -0.120. The zero-order chi connectivity index (χ0) is 17.1. The van der Waals surface area contributed by atoms with E-state index in [1.54, 1.807) is 0 Å². The van der Waals surface area contributed by atoms with Crippen molar-refractivity contribution in [2.45, 2.75) is 26.8 Å². The summed E-state index contributed by atoms with van der Waals surface area (Å²) in [6.45, 7) is 5.33. The summed E-state index contributed by atoms with van der Waals surface area (Å²) in [4.78, 5) is 12.0. The SMILES string of the molecule is CC(C)[C@H](C)NC(=O)CN(c1ccc(F)c(Cl)c1)S(C)(=O)=O. The first-order valence-corrected chi connectivity index (χ1v) is 8.97. The van der Waals surface area contributed by atoms with Crippen molar-refractivity contribution in [2.75, 3.05) is 17.1 Å². The minimum atomic E-state index is -3.71. The van der Waals surface area contributed by atoms with E-state index in [1.165, 1.54) is 12.1 Å². The van der Waals surface area contributed by atoms with Crippen LogP contribution in [0.1, 0.15) is 20.8 Å². The summed E-state index contributed by atoms with van der Waals surface area (Å²) in [5.41, 5.74) is 0.140. The van der Waals surface area contributed by atoms with Gasteiger partial charge in [-0.15, -0.1) is 0 Å². The smallest absolute Gasteiger partial charge is 0.240 e. The van der Waals surface area contributed by atoms with Gasteiger partial charge in [-0.1, -0.05) is 25.4 Å². The van der Waals surface area contributed by atoms with E-state index < -0.39 is 28.3 Å². The zero-order valence-corrected chi connectivity index (χ0v) is 14.5. The summed E-state index contributed by atoms with van der Waals surface area (Å²) < 4.78 is 37.9. The zero-order valence-electron chi connectivity index (χ0n) is 12.9. The quantitative estimate of drug-likeness (QED) is 0.856. The molecule has 8 heteroatoms. The second kappa shape index (κ2) is 7.28. The molecule has 1 N–H and O–H groups in total. The maximum atomic E-state index is 13.2. The molecule has 0 aliphatic carbocycles. The molecule has 1 aromatic carbocycles. The summed E-state index contributed by atoms with van der Waals surface area (Å²) in [7, 11) is -3.71. The molecule has 0 aromatic heterocycles. The van der Waals surface area contributed by atoms with Crippen molar-refractivity contribution in [1.29, 1.82) is 0 Å². The second-order valence-corrected chi connectivity index (χ2v) is 7.78. The van der Waals surface area contributed by atoms with Crippen molar-refractivity contribution in [3.05, 3.63) is 29.0 Å². The van der Waals surface area contributed by atoms with Crippen LogP contribution in [0, 0.1) is 11.7 Å². The highest BCUT2D eigenvalue weighted by Gasteiger charge is 2.22. The van der Waals surface area contributed by atoms with E-state index >= 15 is 0 Å². The molecule has 1 aromatic rings. The van der Waals surface area contributed by atoms with Gasteiger partial charge in [0, 0.05) is 6.04 Å². The summed E-state index contributed by atoms with van der Waals surface area (Å²) >= 11 is 5.67. The van der Waals surface area contributed by atoms with Gasteiger partial charge >= 0.3 is 0 Å². The number of amides is 1. The molecule has 1 rings (SSSR count). The molecule has 1 amide bonds. The first kappa shape index (κ1) is 18.7. The molecule has 0 radical (unpaired) electrons. The van der Waals surface area contributed by atoms with Gasteiger partial charge in [0.1, 0.15) is 12.4 Å². The lowest BCUT2D eigenvalue weighted by Gasteiger charge is -2.24. The van der Waals surface area contributed by atoms with E-state index in [0.717, 1.165) is 16.6 Å². The molecular formula is C14H20ClFN2O3S. The number of nitrogens with zero attached hydrogens (tertiary/aromatic N) is 1. The van der Waals surface area contributed by atoms with Gasteiger partial charge in [0.2, 0.25) is 15.9 Å². The number of anilines is 1. The highest BCUT2D eigenvalue weighted by atomic mass is 35.5. The molecule has 0 fully saturated rings. The van der Waals surface area contributed by atoms with Crippen LogP contribution in [0.25, 0.3) is 0 Å². The largest absolute Gasteiger partial charge is 0.352 e. The molecule has 0 heterocycles. The van der Waals surface area contributed by atoms with Crippen LogP contribution in [-0.2, 0) is 14.8 Å². The Morgan fingerprint density at radius 3 is 2.41 bits per heavy atom. The van der Waals surface area contributed by atoms with E-state index in [4.69, 9.17) is 11.6 Å². The van der Waals surface area contributed by atoms with Crippen molar-refractivity contribution in [3.8, 4) is 0 Å². The first-order valence-electron chi connectivity index (χ1n) is 6.74. The molecule has 124 valence electrons. The maximum Gasteiger partial charge on any atom is 0.240 e. The van der Waals surface area contributed by atoms with Crippen LogP contribution < -0.4 is 9.62 Å². The topological polar surface area (TPSA) is 66.5 Å². The van der Waals surface area contributed by atoms with Crippen LogP contribution >= 0.6 is 11.6 Å². The third kappa shape index (κ3) is 5.14. The fourth-order valence-corrected chi connectivity index (χ4v) is 2.66. The van der Waals surface area contributed by atoms with Gasteiger partial charge in [-0.3, -0.25) is 9.10 Å². The number of carbonyl (C=O) groups is 1. The first-order chi connectivity index (χ1) is 10.0. The predicted octanol–water partition coefficient (Wildman–Crippen LogP) is 2.41. The lowest BCUT2D eigenvalue weighted by Crippen LogP contribution is -2.44. The van der Waals surface area contributed by atoms with Crippen LogP contribution in [-0.4, -0.2) is 33.2 Å². The van der Waals surface area contributed by atoms with Crippen LogP contribution in [0.2, 0.25) is 5.02 Å². The average molecular weight is 351 g/mol. The number of halogens is 2. The van der Waals surface area contributed by atoms with E-state index in [-0.39, 0.29) is 22.7 Å².